The van der Waals surface area contributed by atoms with Gasteiger partial charge in [-0.3, -0.25) is 4.98 Å². The quantitative estimate of drug-likeness (QED) is 0.837. The van der Waals surface area contributed by atoms with Crippen LogP contribution in [-0.4, -0.2) is 33.2 Å². The number of nitrogens with zero attached hydrogens (tertiary/aromatic N) is 1. The van der Waals surface area contributed by atoms with Crippen LogP contribution in [0.3, 0.4) is 0 Å². The van der Waals surface area contributed by atoms with Gasteiger partial charge in [-0.15, -0.1) is 0 Å². The van der Waals surface area contributed by atoms with Gasteiger partial charge >= 0.3 is 6.18 Å². The molecule has 0 radical (unpaired) electrons. The van der Waals surface area contributed by atoms with Gasteiger partial charge in [0.1, 0.15) is 4.90 Å². The predicted molar refractivity (Wildman–Crippen MR) is 92.6 cm³/mol. The summed E-state index contributed by atoms with van der Waals surface area (Å²) in [4.78, 5) is 3.81. The van der Waals surface area contributed by atoms with Crippen molar-refractivity contribution in [3.8, 4) is 0 Å². The van der Waals surface area contributed by atoms with Crippen LogP contribution < -0.4 is 4.72 Å². The van der Waals surface area contributed by atoms with Crippen molar-refractivity contribution in [2.75, 3.05) is 19.8 Å². The fourth-order valence-electron chi connectivity index (χ4n) is 3.18. The molecule has 3 rings (SSSR count). The molecular weight excluding hydrogens is 381 g/mol. The largest absolute Gasteiger partial charge is 0.416 e. The van der Waals surface area contributed by atoms with Crippen molar-refractivity contribution in [1.29, 1.82) is 0 Å². The van der Waals surface area contributed by atoms with Crippen molar-refractivity contribution in [3.63, 3.8) is 0 Å². The number of sulfonamides is 1. The second kappa shape index (κ2) is 7.57. The van der Waals surface area contributed by atoms with E-state index in [1.54, 1.807) is 6.07 Å². The molecule has 0 bridgehead atoms. The van der Waals surface area contributed by atoms with Gasteiger partial charge in [0.25, 0.3) is 0 Å². The first-order chi connectivity index (χ1) is 12.7. The average molecular weight is 400 g/mol. The molecule has 1 saturated heterocycles. The number of hydrogen-bond acceptors (Lipinski definition) is 4. The number of halogens is 3. The summed E-state index contributed by atoms with van der Waals surface area (Å²) < 4.78 is 72.3. The van der Waals surface area contributed by atoms with Crippen LogP contribution in [-0.2, 0) is 26.4 Å². The van der Waals surface area contributed by atoms with Crippen LogP contribution >= 0.6 is 0 Å². The topological polar surface area (TPSA) is 68.3 Å². The second-order valence-corrected chi connectivity index (χ2v) is 8.25. The number of ether oxygens (including phenoxy) is 1. The van der Waals surface area contributed by atoms with Crippen LogP contribution in [0.1, 0.15) is 24.0 Å². The Hall–Kier alpha value is -1.97. The Bertz CT molecular complexity index is 880. The molecule has 0 spiro atoms. The summed E-state index contributed by atoms with van der Waals surface area (Å²) in [5.74, 6) is 0. The number of alkyl halides is 3. The summed E-state index contributed by atoms with van der Waals surface area (Å²) >= 11 is 0. The molecule has 1 fully saturated rings. The summed E-state index contributed by atoms with van der Waals surface area (Å²) in [5.41, 5.74) is -1.06. The monoisotopic (exact) mass is 400 g/mol. The maximum absolute atomic E-state index is 13.1. The zero-order chi connectivity index (χ0) is 19.5. The molecule has 2 aromatic rings. The molecule has 0 saturated carbocycles. The minimum absolute atomic E-state index is 0.0104. The number of rotatable bonds is 5. The minimum Gasteiger partial charge on any atom is -0.381 e. The highest BCUT2D eigenvalue weighted by atomic mass is 32.2. The molecule has 1 aliphatic rings. The Morgan fingerprint density at radius 2 is 1.89 bits per heavy atom. The van der Waals surface area contributed by atoms with Crippen molar-refractivity contribution in [2.45, 2.75) is 29.3 Å². The predicted octanol–water partition coefficient (Wildman–Crippen LogP) is 3.13. The Kier molecular flexibility index (Phi) is 5.55. The maximum atomic E-state index is 13.1. The normalized spacial score (nSPS) is 17.6. The van der Waals surface area contributed by atoms with Gasteiger partial charge in [0, 0.05) is 37.6 Å². The summed E-state index contributed by atoms with van der Waals surface area (Å²) in [6.07, 6.45) is -0.934. The van der Waals surface area contributed by atoms with Gasteiger partial charge < -0.3 is 4.74 Å². The number of nitrogens with one attached hydrogen (secondary N) is 1. The summed E-state index contributed by atoms with van der Waals surface area (Å²) in [5, 5.41) is 0. The van der Waals surface area contributed by atoms with Crippen LogP contribution in [0.15, 0.2) is 53.7 Å². The van der Waals surface area contributed by atoms with E-state index in [1.807, 2.05) is 0 Å². The van der Waals surface area contributed by atoms with Gasteiger partial charge in [0.2, 0.25) is 10.0 Å². The summed E-state index contributed by atoms with van der Waals surface area (Å²) in [6, 6.07) is 7.99. The number of pyridine rings is 1. The first-order valence-electron chi connectivity index (χ1n) is 8.38. The van der Waals surface area contributed by atoms with Gasteiger partial charge in [-0.05, 0) is 36.6 Å². The Morgan fingerprint density at radius 3 is 2.52 bits per heavy atom. The SMILES string of the molecule is O=S(=O)(NCC1(c2cccc(C(F)(F)F)c2)CCOCC1)c1cccnc1. The van der Waals surface area contributed by atoms with Crippen LogP contribution in [0.5, 0.6) is 0 Å². The lowest BCUT2D eigenvalue weighted by Crippen LogP contribution is -2.44. The van der Waals surface area contributed by atoms with E-state index in [0.717, 1.165) is 12.1 Å². The molecule has 1 aromatic carbocycles. The van der Waals surface area contributed by atoms with Gasteiger partial charge in [-0.25, -0.2) is 13.1 Å². The Balaban J connectivity index is 1.90. The Morgan fingerprint density at radius 1 is 1.15 bits per heavy atom. The zero-order valence-corrected chi connectivity index (χ0v) is 15.2. The van der Waals surface area contributed by atoms with E-state index in [1.165, 1.54) is 30.6 Å². The van der Waals surface area contributed by atoms with E-state index >= 15 is 0 Å². The van der Waals surface area contributed by atoms with Crippen molar-refractivity contribution in [1.82, 2.24) is 9.71 Å². The second-order valence-electron chi connectivity index (χ2n) is 6.48. The van der Waals surface area contributed by atoms with Gasteiger partial charge in [0.15, 0.2) is 0 Å². The molecular formula is C18H19F3N2O3S. The van der Waals surface area contributed by atoms with E-state index in [9.17, 15) is 21.6 Å². The van der Waals surface area contributed by atoms with E-state index in [0.29, 0.717) is 31.6 Å². The molecule has 0 aliphatic carbocycles. The fraction of sp³-hybridized carbons (Fsp3) is 0.389. The lowest BCUT2D eigenvalue weighted by Gasteiger charge is -2.38. The molecule has 146 valence electrons. The lowest BCUT2D eigenvalue weighted by molar-refractivity contribution is -0.137. The molecule has 5 nitrogen and oxygen atoms in total. The molecule has 0 unspecified atom stereocenters. The van der Waals surface area contributed by atoms with Crippen molar-refractivity contribution in [3.05, 3.63) is 59.9 Å². The van der Waals surface area contributed by atoms with Crippen molar-refractivity contribution < 1.29 is 26.3 Å². The van der Waals surface area contributed by atoms with E-state index in [2.05, 4.69) is 9.71 Å². The molecule has 2 heterocycles. The third-order valence-corrected chi connectivity index (χ3v) is 6.18. The van der Waals surface area contributed by atoms with E-state index in [4.69, 9.17) is 4.74 Å². The van der Waals surface area contributed by atoms with Gasteiger partial charge in [-0.1, -0.05) is 18.2 Å². The van der Waals surface area contributed by atoms with Crippen molar-refractivity contribution >= 4 is 10.0 Å². The molecule has 9 heteroatoms. The van der Waals surface area contributed by atoms with E-state index < -0.39 is 27.2 Å². The lowest BCUT2D eigenvalue weighted by atomic mass is 9.74. The average Bonchev–Trinajstić information content (AvgIpc) is 2.67. The van der Waals surface area contributed by atoms with Crippen LogP contribution in [0.25, 0.3) is 0 Å². The Labute approximate surface area is 155 Å². The molecule has 1 N–H and O–H groups in total. The minimum atomic E-state index is -4.46. The van der Waals surface area contributed by atoms with Crippen LogP contribution in [0.2, 0.25) is 0 Å². The highest BCUT2D eigenvalue weighted by Gasteiger charge is 2.38. The number of hydrogen-bond donors (Lipinski definition) is 1. The molecule has 27 heavy (non-hydrogen) atoms. The van der Waals surface area contributed by atoms with Gasteiger partial charge in [0.05, 0.1) is 5.56 Å². The molecule has 1 aromatic heterocycles. The molecule has 0 amide bonds. The number of aromatic nitrogens is 1. The van der Waals surface area contributed by atoms with Crippen LogP contribution in [0, 0.1) is 0 Å². The molecule has 0 atom stereocenters. The maximum Gasteiger partial charge on any atom is 0.416 e. The van der Waals surface area contributed by atoms with E-state index in [-0.39, 0.29) is 11.4 Å². The van der Waals surface area contributed by atoms with Gasteiger partial charge in [-0.2, -0.15) is 13.2 Å². The highest BCUT2D eigenvalue weighted by molar-refractivity contribution is 7.89. The summed E-state index contributed by atoms with van der Waals surface area (Å²) in [6.45, 7) is 0.685. The first-order valence-corrected chi connectivity index (χ1v) is 9.87. The third-order valence-electron chi connectivity index (χ3n) is 4.80. The fourth-order valence-corrected chi connectivity index (χ4v) is 4.27. The first kappa shape index (κ1) is 19.8. The standard InChI is InChI=1S/C18H19F3N2O3S/c19-18(20,21)15-4-1-3-14(11-15)17(6-9-26-10-7-17)13-23-27(24,25)16-5-2-8-22-12-16/h1-5,8,11-12,23H,6-7,9-10,13H2. The summed E-state index contributed by atoms with van der Waals surface area (Å²) in [7, 11) is -3.82. The third kappa shape index (κ3) is 4.48. The van der Waals surface area contributed by atoms with Crippen LogP contribution in [0.4, 0.5) is 13.2 Å². The number of benzene rings is 1. The smallest absolute Gasteiger partial charge is 0.381 e. The zero-order valence-electron chi connectivity index (χ0n) is 14.4. The van der Waals surface area contributed by atoms with Crippen molar-refractivity contribution in [2.24, 2.45) is 0 Å². The highest BCUT2D eigenvalue weighted by Crippen LogP contribution is 2.38. The molecule has 1 aliphatic heterocycles.